The van der Waals surface area contributed by atoms with Crippen LogP contribution in [-0.4, -0.2) is 52.5 Å². The summed E-state index contributed by atoms with van der Waals surface area (Å²) in [5, 5.41) is 2.83. The van der Waals surface area contributed by atoms with E-state index in [4.69, 9.17) is 4.74 Å². The molecule has 1 aliphatic rings. The van der Waals surface area contributed by atoms with Crippen molar-refractivity contribution in [1.82, 2.24) is 20.2 Å². The van der Waals surface area contributed by atoms with Crippen LogP contribution in [0.4, 0.5) is 4.79 Å². The van der Waals surface area contributed by atoms with Crippen LogP contribution >= 0.6 is 11.3 Å². The van der Waals surface area contributed by atoms with Crippen molar-refractivity contribution < 1.29 is 19.1 Å². The van der Waals surface area contributed by atoms with Gasteiger partial charge in [0.1, 0.15) is 15.5 Å². The minimum Gasteiger partial charge on any atom is -0.451 e. The quantitative estimate of drug-likeness (QED) is 0.769. The molecule has 2 aromatic rings. The van der Waals surface area contributed by atoms with Gasteiger partial charge in [-0.3, -0.25) is 14.5 Å². The molecule has 1 aliphatic heterocycles. The van der Waals surface area contributed by atoms with E-state index in [2.05, 4.69) is 15.3 Å². The molecular formula is C14H14N4O5S. The van der Waals surface area contributed by atoms with E-state index in [1.807, 2.05) is 0 Å². The number of thiophene rings is 1. The maximum atomic E-state index is 12.2. The van der Waals surface area contributed by atoms with Crippen LogP contribution in [0, 0.1) is 13.8 Å². The van der Waals surface area contributed by atoms with E-state index in [0.717, 1.165) is 16.2 Å². The molecule has 24 heavy (non-hydrogen) atoms. The van der Waals surface area contributed by atoms with Crippen molar-refractivity contribution in [3.63, 3.8) is 0 Å². The zero-order valence-corrected chi connectivity index (χ0v) is 13.8. The summed E-state index contributed by atoms with van der Waals surface area (Å²) in [5.41, 5.74) is 0.134. The number of nitrogens with one attached hydrogen (secondary N) is 2. The molecule has 2 N–H and O–H groups in total. The first kappa shape index (κ1) is 16.1. The van der Waals surface area contributed by atoms with Gasteiger partial charge < -0.3 is 15.0 Å². The minimum absolute atomic E-state index is 0.215. The summed E-state index contributed by atoms with van der Waals surface area (Å²) in [6.45, 7) is 3.35. The van der Waals surface area contributed by atoms with Gasteiger partial charge in [-0.1, -0.05) is 0 Å². The number of amides is 3. The molecule has 2 aromatic heterocycles. The molecule has 0 bridgehead atoms. The molecular weight excluding hydrogens is 336 g/mol. The molecule has 9 nitrogen and oxygen atoms in total. The van der Waals surface area contributed by atoms with E-state index in [0.29, 0.717) is 28.1 Å². The number of aromatic nitrogens is 2. The largest absolute Gasteiger partial charge is 0.451 e. The number of aryl methyl sites for hydroxylation is 2. The van der Waals surface area contributed by atoms with Gasteiger partial charge in [0, 0.05) is 13.1 Å². The molecule has 0 spiro atoms. The molecule has 0 saturated carbocycles. The number of carbonyl (C=O) groups excluding carboxylic acids is 3. The van der Waals surface area contributed by atoms with Gasteiger partial charge in [-0.15, -0.1) is 11.3 Å². The van der Waals surface area contributed by atoms with Crippen molar-refractivity contribution in [1.29, 1.82) is 0 Å². The predicted molar refractivity (Wildman–Crippen MR) is 85.1 cm³/mol. The first-order valence-electron chi connectivity index (χ1n) is 7.14. The van der Waals surface area contributed by atoms with Crippen LogP contribution in [0.3, 0.4) is 0 Å². The minimum atomic E-state index is -0.722. The second-order valence-corrected chi connectivity index (χ2v) is 6.24. The summed E-state index contributed by atoms with van der Waals surface area (Å²) in [6.07, 6.45) is 0. The normalized spacial score (nSPS) is 14.1. The average molecular weight is 350 g/mol. The highest BCUT2D eigenvalue weighted by atomic mass is 32.1. The first-order chi connectivity index (χ1) is 11.4. The van der Waals surface area contributed by atoms with Crippen molar-refractivity contribution in [3.05, 3.63) is 26.6 Å². The predicted octanol–water partition coefficient (Wildman–Crippen LogP) is 0.310. The first-order valence-corrected chi connectivity index (χ1v) is 7.95. The lowest BCUT2D eigenvalue weighted by Gasteiger charge is -2.11. The highest BCUT2D eigenvalue weighted by Crippen LogP contribution is 2.27. The van der Waals surface area contributed by atoms with Crippen molar-refractivity contribution in [2.45, 2.75) is 13.8 Å². The maximum Gasteiger partial charge on any atom is 0.349 e. The Bertz CT molecular complexity index is 916. The van der Waals surface area contributed by atoms with Gasteiger partial charge in [0.15, 0.2) is 6.61 Å². The van der Waals surface area contributed by atoms with Crippen LogP contribution in [0.5, 0.6) is 0 Å². The third-order valence-electron chi connectivity index (χ3n) is 3.59. The van der Waals surface area contributed by atoms with E-state index in [9.17, 15) is 19.2 Å². The zero-order chi connectivity index (χ0) is 17.4. The van der Waals surface area contributed by atoms with Crippen molar-refractivity contribution >= 4 is 39.5 Å². The molecule has 3 heterocycles. The number of ether oxygens (including phenoxy) is 1. The fourth-order valence-electron chi connectivity index (χ4n) is 2.43. The van der Waals surface area contributed by atoms with E-state index in [1.165, 1.54) is 0 Å². The van der Waals surface area contributed by atoms with Gasteiger partial charge >= 0.3 is 12.0 Å². The SMILES string of the molecule is Cc1nc2sc(C(=O)OCC(=O)N3CCNC3=O)c(C)c2c(=O)[nH]1. The number of fused-ring (bicyclic) bond motifs is 1. The Balaban J connectivity index is 1.78. The topological polar surface area (TPSA) is 121 Å². The monoisotopic (exact) mass is 350 g/mol. The van der Waals surface area contributed by atoms with Gasteiger partial charge in [0.25, 0.3) is 11.5 Å². The number of H-pyrrole nitrogens is 1. The summed E-state index contributed by atoms with van der Waals surface area (Å²) in [4.78, 5) is 55.9. The zero-order valence-electron chi connectivity index (χ0n) is 13.0. The Morgan fingerprint density at radius 3 is 2.75 bits per heavy atom. The molecule has 0 atom stereocenters. The number of imide groups is 1. The van der Waals surface area contributed by atoms with E-state index >= 15 is 0 Å². The number of esters is 1. The van der Waals surface area contributed by atoms with Crippen LogP contribution in [0.1, 0.15) is 21.1 Å². The molecule has 3 rings (SSSR count). The third-order valence-corrected chi connectivity index (χ3v) is 4.75. The molecule has 126 valence electrons. The number of hydrogen-bond donors (Lipinski definition) is 2. The summed E-state index contributed by atoms with van der Waals surface area (Å²) >= 11 is 1.03. The van der Waals surface area contributed by atoms with Gasteiger partial charge in [-0.25, -0.2) is 14.6 Å². The summed E-state index contributed by atoms with van der Waals surface area (Å²) in [5.74, 6) is -0.867. The van der Waals surface area contributed by atoms with Gasteiger partial charge in [-0.05, 0) is 19.4 Å². The average Bonchev–Trinajstić information content (AvgIpc) is 3.08. The van der Waals surface area contributed by atoms with Crippen LogP contribution in [-0.2, 0) is 9.53 Å². The highest BCUT2D eigenvalue weighted by molar-refractivity contribution is 7.20. The van der Waals surface area contributed by atoms with E-state index in [-0.39, 0.29) is 17.0 Å². The van der Waals surface area contributed by atoms with Crippen LogP contribution < -0.4 is 10.9 Å². The summed E-state index contributed by atoms with van der Waals surface area (Å²) < 4.78 is 4.99. The standard InChI is InChI=1S/C14H14N4O5S/c1-6-9-11(20)16-7(2)17-12(9)24-10(6)13(21)23-5-8(19)18-4-3-15-14(18)22/h3-5H2,1-2H3,(H,15,22)(H,16,17,20). The molecule has 0 aromatic carbocycles. The fourth-order valence-corrected chi connectivity index (χ4v) is 3.55. The van der Waals surface area contributed by atoms with Crippen LogP contribution in [0.25, 0.3) is 10.2 Å². The number of carbonyl (C=O) groups is 3. The fraction of sp³-hybridized carbons (Fsp3) is 0.357. The Kier molecular flexibility index (Phi) is 4.06. The number of rotatable bonds is 3. The Morgan fingerprint density at radius 1 is 1.33 bits per heavy atom. The Morgan fingerprint density at radius 2 is 2.08 bits per heavy atom. The second-order valence-electron chi connectivity index (χ2n) is 5.24. The number of urea groups is 1. The second kappa shape index (κ2) is 6.04. The lowest BCUT2D eigenvalue weighted by Crippen LogP contribution is -2.37. The van der Waals surface area contributed by atoms with E-state index in [1.54, 1.807) is 13.8 Å². The Labute approximate surface area is 139 Å². The maximum absolute atomic E-state index is 12.2. The van der Waals surface area contributed by atoms with Gasteiger partial charge in [-0.2, -0.15) is 0 Å². The van der Waals surface area contributed by atoms with Crippen molar-refractivity contribution in [2.75, 3.05) is 19.7 Å². The van der Waals surface area contributed by atoms with Crippen molar-refractivity contribution in [2.24, 2.45) is 0 Å². The molecule has 1 fully saturated rings. The third kappa shape index (κ3) is 2.75. The molecule has 0 aliphatic carbocycles. The van der Waals surface area contributed by atoms with Crippen LogP contribution in [0.2, 0.25) is 0 Å². The molecule has 10 heteroatoms. The lowest BCUT2D eigenvalue weighted by molar-refractivity contribution is -0.130. The number of hydrogen-bond acceptors (Lipinski definition) is 7. The smallest absolute Gasteiger partial charge is 0.349 e. The molecule has 0 radical (unpaired) electrons. The molecule has 3 amide bonds. The molecule has 1 saturated heterocycles. The van der Waals surface area contributed by atoms with E-state index < -0.39 is 24.5 Å². The Hall–Kier alpha value is -2.75. The summed E-state index contributed by atoms with van der Waals surface area (Å²) in [7, 11) is 0. The summed E-state index contributed by atoms with van der Waals surface area (Å²) in [6, 6.07) is -0.500. The van der Waals surface area contributed by atoms with Gasteiger partial charge in [0.2, 0.25) is 0 Å². The molecule has 0 unspecified atom stereocenters. The van der Waals surface area contributed by atoms with Crippen molar-refractivity contribution in [3.8, 4) is 0 Å². The number of nitrogens with zero attached hydrogens (tertiary/aromatic N) is 2. The van der Waals surface area contributed by atoms with Crippen LogP contribution in [0.15, 0.2) is 4.79 Å². The highest BCUT2D eigenvalue weighted by Gasteiger charge is 2.27. The number of aromatic amines is 1. The lowest BCUT2D eigenvalue weighted by atomic mass is 10.2. The van der Waals surface area contributed by atoms with Gasteiger partial charge in [0.05, 0.1) is 5.39 Å².